The van der Waals surface area contributed by atoms with Crippen LogP contribution in [0.1, 0.15) is 13.3 Å². The van der Waals surface area contributed by atoms with Crippen LogP contribution >= 0.6 is 0 Å². The second-order valence-corrected chi connectivity index (χ2v) is 4.06. The molecule has 0 bridgehead atoms. The predicted octanol–water partition coefficient (Wildman–Crippen LogP) is 2.63. The van der Waals surface area contributed by atoms with Gasteiger partial charge in [0.05, 0.1) is 0 Å². The van der Waals surface area contributed by atoms with Gasteiger partial charge in [-0.3, -0.25) is 0 Å². The van der Waals surface area contributed by atoms with Crippen LogP contribution in [0.15, 0.2) is 54.3 Å². The van der Waals surface area contributed by atoms with Gasteiger partial charge in [0.1, 0.15) is 11.5 Å². The van der Waals surface area contributed by atoms with Gasteiger partial charge in [0.15, 0.2) is 0 Å². The molecule has 0 aliphatic heterocycles. The Morgan fingerprint density at radius 3 is 2.60 bits per heavy atom. The fraction of sp³-hybridized carbons (Fsp3) is 0.231. The van der Waals surface area contributed by atoms with Gasteiger partial charge in [-0.1, -0.05) is 24.3 Å². The lowest BCUT2D eigenvalue weighted by atomic mass is 9.94. The third-order valence-corrected chi connectivity index (χ3v) is 2.35. The normalized spacial score (nSPS) is 24.8. The van der Waals surface area contributed by atoms with Gasteiger partial charge in [0, 0.05) is 5.54 Å². The first-order valence-corrected chi connectivity index (χ1v) is 5.07. The average molecular weight is 201 g/mol. The van der Waals surface area contributed by atoms with Crippen LogP contribution in [0.3, 0.4) is 0 Å². The molecule has 2 rings (SSSR count). The summed E-state index contributed by atoms with van der Waals surface area (Å²) >= 11 is 0. The maximum Gasteiger partial charge on any atom is 0.127 e. The second-order valence-electron chi connectivity index (χ2n) is 4.06. The minimum Gasteiger partial charge on any atom is -0.458 e. The molecule has 0 amide bonds. The van der Waals surface area contributed by atoms with Crippen molar-refractivity contribution < 1.29 is 4.74 Å². The largest absolute Gasteiger partial charge is 0.458 e. The maximum absolute atomic E-state index is 5.95. The van der Waals surface area contributed by atoms with Crippen LogP contribution in [0, 0.1) is 0 Å². The number of nitrogens with two attached hydrogens (primary N) is 1. The zero-order chi connectivity index (χ0) is 10.7. The van der Waals surface area contributed by atoms with Crippen LogP contribution < -0.4 is 10.5 Å². The van der Waals surface area contributed by atoms with Crippen LogP contribution in [0.4, 0.5) is 0 Å². The van der Waals surface area contributed by atoms with Crippen LogP contribution in [-0.4, -0.2) is 5.54 Å². The van der Waals surface area contributed by atoms with E-state index in [2.05, 4.69) is 0 Å². The van der Waals surface area contributed by atoms with E-state index in [1.54, 1.807) is 0 Å². The SMILES string of the molecule is C[C@]1(N)C=CC(Oc2ccccc2)=CC1. The number of hydrogen-bond acceptors (Lipinski definition) is 2. The summed E-state index contributed by atoms with van der Waals surface area (Å²) in [5, 5.41) is 0. The van der Waals surface area contributed by atoms with Gasteiger partial charge >= 0.3 is 0 Å². The first-order chi connectivity index (χ1) is 7.16. The molecular formula is C13H15NO. The van der Waals surface area contributed by atoms with Gasteiger partial charge < -0.3 is 10.5 Å². The number of ether oxygens (including phenoxy) is 1. The molecule has 0 spiro atoms. The Morgan fingerprint density at radius 2 is 2.00 bits per heavy atom. The Labute approximate surface area is 90.1 Å². The molecule has 1 aliphatic carbocycles. The van der Waals surface area contributed by atoms with Gasteiger partial charge in [-0.2, -0.15) is 0 Å². The fourth-order valence-electron chi connectivity index (χ4n) is 1.43. The highest BCUT2D eigenvalue weighted by atomic mass is 16.5. The van der Waals surface area contributed by atoms with Crippen molar-refractivity contribution in [2.24, 2.45) is 5.73 Å². The quantitative estimate of drug-likeness (QED) is 0.798. The smallest absolute Gasteiger partial charge is 0.127 e. The zero-order valence-corrected chi connectivity index (χ0v) is 8.81. The average Bonchev–Trinajstić information content (AvgIpc) is 2.23. The zero-order valence-electron chi connectivity index (χ0n) is 8.81. The molecule has 1 aromatic carbocycles. The van der Waals surface area contributed by atoms with Crippen molar-refractivity contribution in [1.29, 1.82) is 0 Å². The molecule has 1 atom stereocenters. The molecule has 1 aliphatic rings. The fourth-order valence-corrected chi connectivity index (χ4v) is 1.43. The molecule has 78 valence electrons. The molecule has 2 N–H and O–H groups in total. The molecule has 2 heteroatoms. The van der Waals surface area contributed by atoms with Gasteiger partial charge in [0.2, 0.25) is 0 Å². The van der Waals surface area contributed by atoms with E-state index < -0.39 is 0 Å². The van der Waals surface area contributed by atoms with Gasteiger partial charge in [-0.25, -0.2) is 0 Å². The summed E-state index contributed by atoms with van der Waals surface area (Å²) in [6.07, 6.45) is 6.74. The lowest BCUT2D eigenvalue weighted by molar-refractivity contribution is 0.429. The molecule has 0 radical (unpaired) electrons. The summed E-state index contributed by atoms with van der Waals surface area (Å²) in [6.45, 7) is 2.00. The summed E-state index contributed by atoms with van der Waals surface area (Å²) in [7, 11) is 0. The Kier molecular flexibility index (Phi) is 2.60. The van der Waals surface area contributed by atoms with Crippen molar-refractivity contribution in [2.45, 2.75) is 18.9 Å². The molecule has 0 saturated heterocycles. The van der Waals surface area contributed by atoms with E-state index in [0.717, 1.165) is 17.9 Å². The van der Waals surface area contributed by atoms with E-state index >= 15 is 0 Å². The van der Waals surface area contributed by atoms with E-state index in [9.17, 15) is 0 Å². The Hall–Kier alpha value is -1.54. The predicted molar refractivity (Wildman–Crippen MR) is 61.5 cm³/mol. The third kappa shape index (κ3) is 2.70. The molecule has 0 unspecified atom stereocenters. The second kappa shape index (κ2) is 3.91. The monoisotopic (exact) mass is 201 g/mol. The lowest BCUT2D eigenvalue weighted by Crippen LogP contribution is -2.34. The van der Waals surface area contributed by atoms with Gasteiger partial charge in [0.25, 0.3) is 0 Å². The highest BCUT2D eigenvalue weighted by molar-refractivity contribution is 5.30. The minimum absolute atomic E-state index is 0.233. The minimum atomic E-state index is -0.233. The summed E-state index contributed by atoms with van der Waals surface area (Å²) in [5.41, 5.74) is 5.71. The van der Waals surface area contributed by atoms with Crippen molar-refractivity contribution in [1.82, 2.24) is 0 Å². The van der Waals surface area contributed by atoms with Crippen LogP contribution in [0.5, 0.6) is 5.75 Å². The van der Waals surface area contributed by atoms with Gasteiger partial charge in [-0.05, 0) is 37.6 Å². The standard InChI is InChI=1S/C13H15NO/c1-13(14)9-7-12(8-10-13)15-11-5-3-2-4-6-11/h2-9H,10,14H2,1H3/t13-/m0/s1. The van der Waals surface area contributed by atoms with Crippen LogP contribution in [0.25, 0.3) is 0 Å². The van der Waals surface area contributed by atoms with E-state index in [1.807, 2.05) is 55.5 Å². The molecule has 0 aromatic heterocycles. The highest BCUT2D eigenvalue weighted by Crippen LogP contribution is 2.21. The first kappa shape index (κ1) is 9.99. The summed E-state index contributed by atoms with van der Waals surface area (Å²) in [5.74, 6) is 1.72. The summed E-state index contributed by atoms with van der Waals surface area (Å²) in [4.78, 5) is 0. The van der Waals surface area contributed by atoms with Crippen LogP contribution in [0.2, 0.25) is 0 Å². The van der Waals surface area contributed by atoms with Gasteiger partial charge in [-0.15, -0.1) is 0 Å². The number of benzene rings is 1. The van der Waals surface area contributed by atoms with E-state index in [4.69, 9.17) is 10.5 Å². The Bertz CT molecular complexity index is 390. The molecule has 1 aromatic rings. The topological polar surface area (TPSA) is 35.2 Å². The van der Waals surface area contributed by atoms with Crippen molar-refractivity contribution in [2.75, 3.05) is 0 Å². The lowest BCUT2D eigenvalue weighted by Gasteiger charge is -2.22. The molecule has 0 fully saturated rings. The molecule has 0 heterocycles. The third-order valence-electron chi connectivity index (χ3n) is 2.35. The van der Waals surface area contributed by atoms with E-state index in [1.165, 1.54) is 0 Å². The Morgan fingerprint density at radius 1 is 1.27 bits per heavy atom. The van der Waals surface area contributed by atoms with E-state index in [0.29, 0.717) is 0 Å². The maximum atomic E-state index is 5.95. The number of hydrogen-bond donors (Lipinski definition) is 1. The molecule has 0 saturated carbocycles. The number of rotatable bonds is 2. The van der Waals surface area contributed by atoms with Crippen molar-refractivity contribution in [3.8, 4) is 5.75 Å². The first-order valence-electron chi connectivity index (χ1n) is 5.07. The highest BCUT2D eigenvalue weighted by Gasteiger charge is 2.16. The summed E-state index contributed by atoms with van der Waals surface area (Å²) in [6, 6.07) is 9.75. The molecular weight excluding hydrogens is 186 g/mol. The number of allylic oxidation sites excluding steroid dienone is 1. The van der Waals surface area contributed by atoms with Crippen LogP contribution in [-0.2, 0) is 0 Å². The number of para-hydroxylation sites is 1. The summed E-state index contributed by atoms with van der Waals surface area (Å²) < 4.78 is 5.67. The molecule has 2 nitrogen and oxygen atoms in total. The van der Waals surface area contributed by atoms with Crippen molar-refractivity contribution in [3.63, 3.8) is 0 Å². The Balaban J connectivity index is 2.04. The van der Waals surface area contributed by atoms with E-state index in [-0.39, 0.29) is 5.54 Å². The van der Waals surface area contributed by atoms with Crippen molar-refractivity contribution >= 4 is 0 Å². The van der Waals surface area contributed by atoms with Crippen molar-refractivity contribution in [3.05, 3.63) is 54.3 Å². The molecule has 15 heavy (non-hydrogen) atoms.